The highest BCUT2D eigenvalue weighted by atomic mass is 16.8. The number of rotatable bonds is 34. The van der Waals surface area contributed by atoms with E-state index in [9.17, 15) is 33.6 Å². The molecule has 0 saturated carbocycles. The van der Waals surface area contributed by atoms with Crippen molar-refractivity contribution in [3.8, 4) is 0 Å². The Labute approximate surface area is 743 Å². The van der Waals surface area contributed by atoms with Gasteiger partial charge < -0.3 is 71.5 Å². The maximum atomic E-state index is 12.6. The van der Waals surface area contributed by atoms with Gasteiger partial charge in [0.1, 0.15) is 19.8 Å². The van der Waals surface area contributed by atoms with Crippen LogP contribution in [0.3, 0.4) is 0 Å². The zero-order chi connectivity index (χ0) is 93.0. The molecule has 4 spiro atoms. The highest BCUT2D eigenvalue weighted by Gasteiger charge is 2.69. The number of esters is 3. The summed E-state index contributed by atoms with van der Waals surface area (Å²) in [5.41, 5.74) is -4.36. The van der Waals surface area contributed by atoms with Crippen LogP contribution in [0.15, 0.2) is 0 Å². The molecule has 9 atom stereocenters. The van der Waals surface area contributed by atoms with E-state index in [4.69, 9.17) is 71.5 Å². The number of carbonyl (C=O) groups is 7. The van der Waals surface area contributed by atoms with Gasteiger partial charge in [-0.3, -0.25) is 33.6 Å². The highest BCUT2D eigenvalue weighted by molar-refractivity contribution is 5.69. The third kappa shape index (κ3) is 27.2. The molecule has 8 aliphatic heterocycles. The first kappa shape index (κ1) is 109. The third-order valence-corrected chi connectivity index (χ3v) is 29.8. The van der Waals surface area contributed by atoms with Gasteiger partial charge in [0.15, 0.2) is 23.1 Å². The molecule has 8 heterocycles. The number of hydroxylamine groups is 8. The topological polar surface area (TPSA) is 271 Å². The summed E-state index contributed by atoms with van der Waals surface area (Å²) < 4.78 is 68.0. The first-order chi connectivity index (χ1) is 57.1. The molecule has 8 rings (SSSR count). The molecular formula is C97H176N4O22. The van der Waals surface area contributed by atoms with E-state index >= 15 is 0 Å². The number of piperidine rings is 4. The lowest BCUT2D eigenvalue weighted by molar-refractivity contribution is -0.403. The summed E-state index contributed by atoms with van der Waals surface area (Å²) in [4.78, 5) is 105. The zero-order valence-electron chi connectivity index (χ0n) is 83.3. The lowest BCUT2D eigenvalue weighted by Gasteiger charge is -2.63. The first-order valence-electron chi connectivity index (χ1n) is 47.6. The quantitative estimate of drug-likeness (QED) is 0.0329. The minimum absolute atomic E-state index is 0.0393. The smallest absolute Gasteiger partial charge is 0.322 e. The van der Waals surface area contributed by atoms with Crippen molar-refractivity contribution in [3.05, 3.63) is 0 Å². The van der Waals surface area contributed by atoms with Crippen molar-refractivity contribution in [1.82, 2.24) is 20.3 Å². The number of carbonyl (C=O) groups excluding carboxylic acids is 7. The van der Waals surface area contributed by atoms with Crippen LogP contribution in [0.4, 0.5) is 0 Å². The molecular weight excluding hydrogens is 1570 g/mol. The fourth-order valence-corrected chi connectivity index (χ4v) is 20.3. The van der Waals surface area contributed by atoms with Gasteiger partial charge in [0.2, 0.25) is 0 Å². The second-order valence-electron chi connectivity index (χ2n) is 42.1. The number of hydrogen-bond acceptors (Lipinski definition) is 26. The monoisotopic (exact) mass is 1750 g/mol. The Morgan fingerprint density at radius 2 is 0.577 bits per heavy atom. The summed E-state index contributed by atoms with van der Waals surface area (Å²) in [5, 5.41) is 7.51. The van der Waals surface area contributed by atoms with Gasteiger partial charge in [-0.25, -0.2) is 0 Å². The van der Waals surface area contributed by atoms with E-state index in [1.807, 2.05) is 22.1 Å². The molecule has 0 aromatic heterocycles. The van der Waals surface area contributed by atoms with Crippen LogP contribution in [0.2, 0.25) is 0 Å². The van der Waals surface area contributed by atoms with Gasteiger partial charge in [0.05, 0.1) is 108 Å². The summed E-state index contributed by atoms with van der Waals surface area (Å²) in [7, 11) is 0. The molecule has 8 saturated heterocycles. The van der Waals surface area contributed by atoms with E-state index in [-0.39, 0.29) is 98.9 Å². The maximum Gasteiger partial charge on any atom is 0.322 e. The average Bonchev–Trinajstić information content (AvgIpc) is 0.722. The lowest BCUT2D eigenvalue weighted by atomic mass is 9.66. The molecule has 0 bridgehead atoms. The second-order valence-corrected chi connectivity index (χ2v) is 42.1. The third-order valence-electron chi connectivity index (χ3n) is 29.8. The Bertz CT molecular complexity index is 3310. The van der Waals surface area contributed by atoms with Gasteiger partial charge in [-0.1, -0.05) is 194 Å². The molecule has 9 unspecified atom stereocenters. The highest BCUT2D eigenvalue weighted by Crippen LogP contribution is 2.59. The normalized spacial score (nSPS) is 35.3. The van der Waals surface area contributed by atoms with Crippen LogP contribution in [0.5, 0.6) is 0 Å². The van der Waals surface area contributed by atoms with Gasteiger partial charge in [-0.15, -0.1) is 20.3 Å². The molecule has 716 valence electrons. The molecule has 0 aromatic carbocycles. The average molecular weight is 1750 g/mol. The van der Waals surface area contributed by atoms with Crippen molar-refractivity contribution >= 4 is 41.8 Å². The molecule has 123 heavy (non-hydrogen) atoms. The van der Waals surface area contributed by atoms with Crippen molar-refractivity contribution in [2.75, 3.05) is 72.7 Å². The van der Waals surface area contributed by atoms with Gasteiger partial charge in [0.25, 0.3) is 0 Å². The molecule has 26 heteroatoms. The summed E-state index contributed by atoms with van der Waals surface area (Å²) in [5.74, 6) is -4.99. The molecule has 0 N–H and O–H groups in total. The van der Waals surface area contributed by atoms with E-state index in [2.05, 4.69) is 166 Å². The van der Waals surface area contributed by atoms with E-state index in [0.29, 0.717) is 105 Å². The molecule has 8 aliphatic rings. The van der Waals surface area contributed by atoms with Gasteiger partial charge in [-0.05, 0) is 127 Å². The van der Waals surface area contributed by atoms with Crippen LogP contribution in [0.25, 0.3) is 0 Å². The minimum atomic E-state index is -0.789. The molecule has 26 nitrogen and oxygen atoms in total. The second kappa shape index (κ2) is 45.1. The number of unbranched alkanes of at least 4 members (excludes halogenated alkanes) is 14. The Morgan fingerprint density at radius 3 is 0.854 bits per heavy atom. The lowest BCUT2D eigenvalue weighted by Crippen LogP contribution is -2.74. The fourth-order valence-electron chi connectivity index (χ4n) is 20.3. The van der Waals surface area contributed by atoms with Gasteiger partial charge in [-0.2, -0.15) is 0 Å². The molecule has 0 aromatic rings. The predicted molar refractivity (Wildman–Crippen MR) is 475 cm³/mol. The molecule has 0 amide bonds. The summed E-state index contributed by atoms with van der Waals surface area (Å²) in [6, 6.07) is 0. The zero-order valence-corrected chi connectivity index (χ0v) is 83.3. The Balaban J connectivity index is 0.000000303. The van der Waals surface area contributed by atoms with Crippen LogP contribution in [-0.2, 0) is 105 Å². The van der Waals surface area contributed by atoms with Crippen molar-refractivity contribution in [2.45, 2.75) is 468 Å². The van der Waals surface area contributed by atoms with Crippen LogP contribution in [0.1, 0.15) is 401 Å². The Kier molecular flexibility index (Phi) is 40.1. The standard InChI is InChI=1S/C38H71NO6.C22H39NO6.C21H37NO6.C16H29NO4/c1-9-13-14-15-16-17-18-19-20-21-22-23-24-25-26-27-34(41)42-29-37(12-4)30-43-38(44-31-37)28-35(7,10-2)39(45-33(6)40)36(8,11-3)32(38)5;1-9-19(7)12-22(16(4)20(8,10-2)23(19)29-18(6)25)27-14-21(11-3,15-28-22)13-26-17(5)24;1-9-19(7)11-21(15(3)20(8,10-2)22(19)28-17(5)24)26-13-18(6,14-27-21)12-25-16(4)23;1-12(18)21-17-14(4,5)8-16(9-15(17,6)7)19-10-13(2,3)11-20-16/h32H,9-31H2,1-8H3;16H,9-15H2,1-8H3;15H,9-14H2,1-8H3;8-11H2,1-7H3. The summed E-state index contributed by atoms with van der Waals surface area (Å²) in [6.45, 7) is 66.3. The first-order valence-corrected chi connectivity index (χ1v) is 47.6. The Hall–Kier alpha value is -4.19. The van der Waals surface area contributed by atoms with E-state index in [1.165, 1.54) is 125 Å². The van der Waals surface area contributed by atoms with Crippen molar-refractivity contribution < 1.29 is 105 Å². The molecule has 0 aliphatic carbocycles. The van der Waals surface area contributed by atoms with Crippen LogP contribution < -0.4 is 0 Å². The summed E-state index contributed by atoms with van der Waals surface area (Å²) >= 11 is 0. The molecule has 8 fully saturated rings. The van der Waals surface area contributed by atoms with E-state index in [1.54, 1.807) is 5.06 Å². The Morgan fingerprint density at radius 1 is 0.301 bits per heavy atom. The van der Waals surface area contributed by atoms with Gasteiger partial charge in [0, 0.05) is 109 Å². The number of ether oxygens (including phenoxy) is 11. The van der Waals surface area contributed by atoms with E-state index < -0.39 is 56.4 Å². The minimum Gasteiger partial charge on any atom is -0.465 e. The van der Waals surface area contributed by atoms with Crippen LogP contribution in [0, 0.1) is 39.4 Å². The molecule has 0 radical (unpaired) electrons. The number of hydrogen-bond donors (Lipinski definition) is 0. The van der Waals surface area contributed by atoms with Crippen molar-refractivity contribution in [3.63, 3.8) is 0 Å². The van der Waals surface area contributed by atoms with Crippen LogP contribution >= 0.6 is 0 Å². The van der Waals surface area contributed by atoms with Gasteiger partial charge >= 0.3 is 41.8 Å². The van der Waals surface area contributed by atoms with E-state index in [0.717, 1.165) is 64.2 Å². The number of nitrogens with zero attached hydrogens (tertiary/aromatic N) is 4. The largest absolute Gasteiger partial charge is 0.465 e. The van der Waals surface area contributed by atoms with Crippen molar-refractivity contribution in [1.29, 1.82) is 0 Å². The fraction of sp³-hybridized carbons (Fsp3) is 0.928. The predicted octanol–water partition coefficient (Wildman–Crippen LogP) is 20.3. The van der Waals surface area contributed by atoms with Crippen molar-refractivity contribution in [2.24, 2.45) is 39.4 Å². The SMILES string of the molecule is CC(=O)ON1C(C)(C)CC2(CC1(C)C)OCC(C)(C)CO2.CCC1(C)CC2(OCC(C)(COC(C)=O)CO2)C(C)C(C)(CC)N1OC(C)=O.CCC1(COC(C)=O)COC2(CC(C)(CC)N(OC(C)=O)C(C)(CC)C2C)OC1.CCCCCCCCCCCCCCCCCC(=O)OCC1(CC)COC2(CC(C)(CC)N(OC(C)=O)C(C)(CC)C2C)OC1. The summed E-state index contributed by atoms with van der Waals surface area (Å²) in [6.07, 6.45) is 29.5. The maximum absolute atomic E-state index is 12.6. The van der Waals surface area contributed by atoms with Crippen LogP contribution in [-0.4, -0.2) is 202 Å².